The summed E-state index contributed by atoms with van der Waals surface area (Å²) in [5, 5.41) is 4.61. The Morgan fingerprint density at radius 3 is 2.56 bits per heavy atom. The van der Waals surface area contributed by atoms with Gasteiger partial charge in [0.15, 0.2) is 0 Å². The van der Waals surface area contributed by atoms with Crippen LogP contribution in [0.15, 0.2) is 77.4 Å². The molecule has 2 atom stereocenters. The van der Waals surface area contributed by atoms with Crippen LogP contribution in [0.3, 0.4) is 0 Å². The van der Waals surface area contributed by atoms with Crippen molar-refractivity contribution in [1.29, 1.82) is 0 Å². The van der Waals surface area contributed by atoms with Gasteiger partial charge in [-0.15, -0.1) is 0 Å². The number of carbonyl (C=O) groups excluding carboxylic acids is 1. The van der Waals surface area contributed by atoms with E-state index in [1.54, 1.807) is 30.5 Å². The van der Waals surface area contributed by atoms with Crippen molar-refractivity contribution < 1.29 is 4.79 Å². The molecule has 0 aliphatic heterocycles. The summed E-state index contributed by atoms with van der Waals surface area (Å²) in [7, 11) is 0. The van der Waals surface area contributed by atoms with Gasteiger partial charge in [-0.25, -0.2) is 5.43 Å². The van der Waals surface area contributed by atoms with E-state index in [0.29, 0.717) is 22.4 Å². The maximum absolute atomic E-state index is 12.2. The fourth-order valence-electron chi connectivity index (χ4n) is 3.59. The highest BCUT2D eigenvalue weighted by molar-refractivity contribution is 6.33. The minimum absolute atomic E-state index is 0.303. The fourth-order valence-corrected chi connectivity index (χ4v) is 3.81. The summed E-state index contributed by atoms with van der Waals surface area (Å²) in [6, 6.07) is 17.3. The van der Waals surface area contributed by atoms with E-state index in [2.05, 4.69) is 34.8 Å². The number of fused-ring (bicyclic) bond motifs is 2. The van der Waals surface area contributed by atoms with Gasteiger partial charge >= 0.3 is 0 Å². The van der Waals surface area contributed by atoms with Gasteiger partial charge < -0.3 is 0 Å². The number of nitrogens with one attached hydrogen (secondary N) is 1. The SMILES string of the molecule is O=C(N/N=C\C1=C(c2ccccc2)[C@H]2C=C[C@@H]1C2)c1ccccc1Cl. The number of benzene rings is 2. The van der Waals surface area contributed by atoms with Crippen molar-refractivity contribution in [2.24, 2.45) is 16.9 Å². The Hall–Kier alpha value is -2.65. The lowest BCUT2D eigenvalue weighted by atomic mass is 9.92. The minimum Gasteiger partial charge on any atom is -0.267 e. The molecule has 2 aliphatic carbocycles. The van der Waals surface area contributed by atoms with E-state index in [1.165, 1.54) is 16.7 Å². The van der Waals surface area contributed by atoms with Crippen molar-refractivity contribution in [3.05, 3.63) is 88.5 Å². The van der Waals surface area contributed by atoms with E-state index in [4.69, 9.17) is 11.6 Å². The Labute approximate surface area is 151 Å². The van der Waals surface area contributed by atoms with Crippen molar-refractivity contribution in [2.75, 3.05) is 0 Å². The molecule has 4 heteroatoms. The molecule has 0 saturated heterocycles. The lowest BCUT2D eigenvalue weighted by molar-refractivity contribution is 0.0955. The quantitative estimate of drug-likeness (QED) is 0.485. The molecule has 2 bridgehead atoms. The molecule has 124 valence electrons. The zero-order valence-electron chi connectivity index (χ0n) is 13.5. The molecule has 0 saturated carbocycles. The Kier molecular flexibility index (Phi) is 4.24. The molecular formula is C21H17ClN2O. The lowest BCUT2D eigenvalue weighted by Crippen LogP contribution is -2.18. The summed E-state index contributed by atoms with van der Waals surface area (Å²) in [6.07, 6.45) is 7.37. The Balaban J connectivity index is 1.56. The summed E-state index contributed by atoms with van der Waals surface area (Å²) in [6.45, 7) is 0. The molecule has 0 fully saturated rings. The second-order valence-corrected chi connectivity index (χ2v) is 6.65. The van der Waals surface area contributed by atoms with E-state index < -0.39 is 0 Å². The van der Waals surface area contributed by atoms with E-state index in [-0.39, 0.29) is 5.91 Å². The van der Waals surface area contributed by atoms with Gasteiger partial charge in [0.2, 0.25) is 0 Å². The normalized spacial score (nSPS) is 21.3. The summed E-state index contributed by atoms with van der Waals surface area (Å²) in [5.74, 6) is 0.511. The molecule has 0 unspecified atom stereocenters. The average molecular weight is 349 g/mol. The number of allylic oxidation sites excluding steroid dienone is 4. The number of hydrogen-bond donors (Lipinski definition) is 1. The maximum atomic E-state index is 12.2. The van der Waals surface area contributed by atoms with E-state index in [9.17, 15) is 4.79 Å². The highest BCUT2D eigenvalue weighted by atomic mass is 35.5. The topological polar surface area (TPSA) is 41.5 Å². The maximum Gasteiger partial charge on any atom is 0.272 e. The molecule has 1 N–H and O–H groups in total. The third-order valence-corrected chi connectivity index (χ3v) is 5.07. The van der Waals surface area contributed by atoms with Gasteiger partial charge in [-0.2, -0.15) is 5.10 Å². The third-order valence-electron chi connectivity index (χ3n) is 4.74. The number of nitrogens with zero attached hydrogens (tertiary/aromatic N) is 1. The first kappa shape index (κ1) is 15.9. The van der Waals surface area contributed by atoms with Crippen LogP contribution in [0.2, 0.25) is 5.02 Å². The molecule has 2 aliphatic rings. The van der Waals surface area contributed by atoms with Crippen LogP contribution in [0, 0.1) is 11.8 Å². The molecule has 2 aromatic carbocycles. The Morgan fingerprint density at radius 1 is 1.04 bits per heavy atom. The summed E-state index contributed by atoms with van der Waals surface area (Å²) >= 11 is 6.05. The van der Waals surface area contributed by atoms with Gasteiger partial charge in [-0.05, 0) is 35.3 Å². The van der Waals surface area contributed by atoms with Crippen LogP contribution in [-0.4, -0.2) is 12.1 Å². The highest BCUT2D eigenvalue weighted by Gasteiger charge is 2.34. The van der Waals surface area contributed by atoms with Gasteiger partial charge in [0.25, 0.3) is 5.91 Å². The first-order valence-electron chi connectivity index (χ1n) is 8.30. The van der Waals surface area contributed by atoms with Crippen molar-refractivity contribution in [2.45, 2.75) is 6.42 Å². The third kappa shape index (κ3) is 3.03. The van der Waals surface area contributed by atoms with Crippen molar-refractivity contribution in [3.8, 4) is 0 Å². The number of hydrogen-bond acceptors (Lipinski definition) is 2. The second kappa shape index (κ2) is 6.69. The number of hydrazone groups is 1. The fraction of sp³-hybridized carbons (Fsp3) is 0.143. The average Bonchev–Trinajstić information content (AvgIpc) is 3.24. The van der Waals surface area contributed by atoms with Gasteiger partial charge in [0, 0.05) is 11.8 Å². The first-order valence-corrected chi connectivity index (χ1v) is 8.67. The van der Waals surface area contributed by atoms with Crippen LogP contribution in [0.5, 0.6) is 0 Å². The summed E-state index contributed by atoms with van der Waals surface area (Å²) < 4.78 is 0. The van der Waals surface area contributed by atoms with Crippen LogP contribution in [0.1, 0.15) is 22.3 Å². The number of halogens is 1. The first-order chi connectivity index (χ1) is 12.2. The molecule has 2 aromatic rings. The Bertz CT molecular complexity index is 899. The van der Waals surface area contributed by atoms with E-state index in [0.717, 1.165) is 6.42 Å². The van der Waals surface area contributed by atoms with Gasteiger partial charge in [-0.1, -0.05) is 66.2 Å². The standard InChI is InChI=1S/C21H17ClN2O/c22-19-9-5-4-8-17(19)21(25)24-23-13-18-15-10-11-16(12-15)20(18)14-6-2-1-3-7-14/h1-11,13,15-16H,12H2,(H,24,25)/b23-13-/t15-,16+/m1/s1. The van der Waals surface area contributed by atoms with Gasteiger partial charge in [-0.3, -0.25) is 4.79 Å². The monoisotopic (exact) mass is 348 g/mol. The van der Waals surface area contributed by atoms with Crippen LogP contribution in [0.25, 0.3) is 5.57 Å². The van der Waals surface area contributed by atoms with Crippen molar-refractivity contribution in [1.82, 2.24) is 5.43 Å². The number of rotatable bonds is 4. The van der Waals surface area contributed by atoms with Crippen LogP contribution in [0.4, 0.5) is 0 Å². The molecule has 0 heterocycles. The predicted molar refractivity (Wildman–Crippen MR) is 102 cm³/mol. The highest BCUT2D eigenvalue weighted by Crippen LogP contribution is 2.47. The molecule has 1 amide bonds. The molecule has 0 aromatic heterocycles. The largest absolute Gasteiger partial charge is 0.272 e. The summed E-state index contributed by atoms with van der Waals surface area (Å²) in [5.41, 5.74) is 6.72. The smallest absolute Gasteiger partial charge is 0.267 e. The van der Waals surface area contributed by atoms with Crippen LogP contribution in [-0.2, 0) is 0 Å². The second-order valence-electron chi connectivity index (χ2n) is 6.25. The zero-order chi connectivity index (χ0) is 17.2. The van der Waals surface area contributed by atoms with Crippen LogP contribution >= 0.6 is 11.6 Å². The van der Waals surface area contributed by atoms with Crippen LogP contribution < -0.4 is 5.43 Å². The Morgan fingerprint density at radius 2 is 1.76 bits per heavy atom. The van der Waals surface area contributed by atoms with Crippen molar-refractivity contribution >= 4 is 29.3 Å². The van der Waals surface area contributed by atoms with E-state index >= 15 is 0 Å². The lowest BCUT2D eigenvalue weighted by Gasteiger charge is -2.13. The number of amides is 1. The predicted octanol–water partition coefficient (Wildman–Crippen LogP) is 4.72. The van der Waals surface area contributed by atoms with Crippen molar-refractivity contribution in [3.63, 3.8) is 0 Å². The minimum atomic E-state index is -0.303. The number of carbonyl (C=O) groups is 1. The van der Waals surface area contributed by atoms with E-state index in [1.807, 2.05) is 18.2 Å². The summed E-state index contributed by atoms with van der Waals surface area (Å²) in [4.78, 5) is 12.2. The molecular weight excluding hydrogens is 332 g/mol. The van der Waals surface area contributed by atoms with Gasteiger partial charge in [0.05, 0.1) is 16.8 Å². The molecule has 25 heavy (non-hydrogen) atoms. The molecule has 3 nitrogen and oxygen atoms in total. The molecule has 0 spiro atoms. The molecule has 0 radical (unpaired) electrons. The van der Waals surface area contributed by atoms with Gasteiger partial charge in [0.1, 0.15) is 0 Å². The zero-order valence-corrected chi connectivity index (χ0v) is 14.3. The molecule has 4 rings (SSSR count).